The first-order valence-corrected chi connectivity index (χ1v) is 4.99. The number of ether oxygens (including phenoxy) is 1. The molecule has 82 valence electrons. The van der Waals surface area contributed by atoms with Crippen LogP contribution < -0.4 is 15.0 Å². The molecule has 1 aromatic rings. The van der Waals surface area contributed by atoms with E-state index in [1.54, 1.807) is 0 Å². The Morgan fingerprint density at radius 1 is 1.47 bits per heavy atom. The highest BCUT2D eigenvalue weighted by Crippen LogP contribution is 2.11. The van der Waals surface area contributed by atoms with Crippen molar-refractivity contribution in [2.75, 3.05) is 32.1 Å². The standard InChI is InChI=1S/C9H15N5O/c1-14(2)8-11-6-12-9(13-8)15-7-3-4-10-5-7/h6-7,10H,3-5H2,1-2H3. The minimum Gasteiger partial charge on any atom is -0.459 e. The van der Waals surface area contributed by atoms with Crippen LogP contribution in [-0.4, -0.2) is 48.2 Å². The van der Waals surface area contributed by atoms with E-state index in [1.807, 2.05) is 19.0 Å². The van der Waals surface area contributed by atoms with Crippen LogP contribution in [0.25, 0.3) is 0 Å². The van der Waals surface area contributed by atoms with Gasteiger partial charge in [-0.1, -0.05) is 0 Å². The zero-order valence-corrected chi connectivity index (χ0v) is 8.97. The van der Waals surface area contributed by atoms with Gasteiger partial charge in [-0.15, -0.1) is 0 Å². The van der Waals surface area contributed by atoms with Gasteiger partial charge in [0.05, 0.1) is 0 Å². The quantitative estimate of drug-likeness (QED) is 0.736. The van der Waals surface area contributed by atoms with Crippen molar-refractivity contribution in [3.05, 3.63) is 6.33 Å². The largest absolute Gasteiger partial charge is 0.459 e. The summed E-state index contributed by atoms with van der Waals surface area (Å²) in [7, 11) is 3.77. The van der Waals surface area contributed by atoms with E-state index in [0.717, 1.165) is 19.5 Å². The van der Waals surface area contributed by atoms with Crippen LogP contribution in [0.5, 0.6) is 6.01 Å². The molecule has 1 atom stereocenters. The Hall–Kier alpha value is -1.43. The zero-order chi connectivity index (χ0) is 10.7. The van der Waals surface area contributed by atoms with Crippen molar-refractivity contribution < 1.29 is 4.74 Å². The van der Waals surface area contributed by atoms with Gasteiger partial charge in [0.15, 0.2) is 0 Å². The number of rotatable bonds is 3. The highest BCUT2D eigenvalue weighted by molar-refractivity contribution is 5.25. The lowest BCUT2D eigenvalue weighted by atomic mass is 10.3. The third-order valence-electron chi connectivity index (χ3n) is 2.22. The average molecular weight is 209 g/mol. The summed E-state index contributed by atoms with van der Waals surface area (Å²) in [6.45, 7) is 1.86. The van der Waals surface area contributed by atoms with Crippen molar-refractivity contribution in [3.8, 4) is 6.01 Å². The minimum atomic E-state index is 0.183. The van der Waals surface area contributed by atoms with Crippen LogP contribution in [0.15, 0.2) is 6.33 Å². The maximum absolute atomic E-state index is 5.61. The third kappa shape index (κ3) is 2.53. The fourth-order valence-corrected chi connectivity index (χ4v) is 1.42. The SMILES string of the molecule is CN(C)c1ncnc(OC2CCNC2)n1. The van der Waals surface area contributed by atoms with Gasteiger partial charge < -0.3 is 15.0 Å². The van der Waals surface area contributed by atoms with Crippen LogP contribution in [0, 0.1) is 0 Å². The molecular formula is C9H15N5O. The van der Waals surface area contributed by atoms with E-state index < -0.39 is 0 Å². The summed E-state index contributed by atoms with van der Waals surface area (Å²) in [6, 6.07) is 0.405. The van der Waals surface area contributed by atoms with Crippen molar-refractivity contribution >= 4 is 5.95 Å². The molecule has 15 heavy (non-hydrogen) atoms. The molecule has 0 amide bonds. The second-order valence-corrected chi connectivity index (χ2v) is 3.70. The predicted molar refractivity (Wildman–Crippen MR) is 56.1 cm³/mol. The molecule has 2 heterocycles. The minimum absolute atomic E-state index is 0.183. The summed E-state index contributed by atoms with van der Waals surface area (Å²) >= 11 is 0. The van der Waals surface area contributed by atoms with Crippen LogP contribution >= 0.6 is 0 Å². The molecule has 0 spiro atoms. The van der Waals surface area contributed by atoms with Crippen LogP contribution in [-0.2, 0) is 0 Å². The first-order chi connectivity index (χ1) is 7.25. The fraction of sp³-hybridized carbons (Fsp3) is 0.667. The normalized spacial score (nSPS) is 20.3. The number of hydrogen-bond donors (Lipinski definition) is 1. The van der Waals surface area contributed by atoms with Gasteiger partial charge >= 0.3 is 6.01 Å². The van der Waals surface area contributed by atoms with E-state index in [0.29, 0.717) is 12.0 Å². The van der Waals surface area contributed by atoms with Crippen molar-refractivity contribution in [1.82, 2.24) is 20.3 Å². The third-order valence-corrected chi connectivity index (χ3v) is 2.22. The molecule has 0 saturated carbocycles. The number of nitrogens with one attached hydrogen (secondary N) is 1. The van der Waals surface area contributed by atoms with Crippen molar-refractivity contribution in [1.29, 1.82) is 0 Å². The highest BCUT2D eigenvalue weighted by atomic mass is 16.5. The first-order valence-electron chi connectivity index (χ1n) is 4.99. The Bertz CT molecular complexity index is 324. The summed E-state index contributed by atoms with van der Waals surface area (Å²) in [4.78, 5) is 14.0. The van der Waals surface area contributed by atoms with Crippen LogP contribution in [0.3, 0.4) is 0 Å². The van der Waals surface area contributed by atoms with Gasteiger partial charge in [-0.2, -0.15) is 9.97 Å². The molecule has 1 saturated heterocycles. The Balaban J connectivity index is 2.04. The Morgan fingerprint density at radius 2 is 2.33 bits per heavy atom. The Labute approximate surface area is 88.7 Å². The lowest BCUT2D eigenvalue weighted by Crippen LogP contribution is -2.21. The Kier molecular flexibility index (Phi) is 2.96. The molecule has 6 heteroatoms. The molecule has 1 aromatic heterocycles. The van der Waals surface area contributed by atoms with Crippen LogP contribution in [0.2, 0.25) is 0 Å². The molecule has 0 radical (unpaired) electrons. The first kappa shape index (κ1) is 10.1. The number of nitrogens with zero attached hydrogens (tertiary/aromatic N) is 4. The summed E-state index contributed by atoms with van der Waals surface area (Å²) in [5, 5.41) is 3.22. The van der Waals surface area contributed by atoms with Gasteiger partial charge in [0.2, 0.25) is 5.95 Å². The molecule has 1 N–H and O–H groups in total. The lowest BCUT2D eigenvalue weighted by molar-refractivity contribution is 0.204. The van der Waals surface area contributed by atoms with Gasteiger partial charge in [-0.05, 0) is 13.0 Å². The van der Waals surface area contributed by atoms with Crippen molar-refractivity contribution in [2.24, 2.45) is 0 Å². The molecule has 0 bridgehead atoms. The fourth-order valence-electron chi connectivity index (χ4n) is 1.42. The summed E-state index contributed by atoms with van der Waals surface area (Å²) in [6.07, 6.45) is 2.66. The summed E-state index contributed by atoms with van der Waals surface area (Å²) in [5.74, 6) is 0.617. The van der Waals surface area contributed by atoms with Gasteiger partial charge in [-0.3, -0.25) is 0 Å². The van der Waals surface area contributed by atoms with Crippen molar-refractivity contribution in [2.45, 2.75) is 12.5 Å². The van der Waals surface area contributed by atoms with E-state index >= 15 is 0 Å². The van der Waals surface area contributed by atoms with Crippen molar-refractivity contribution in [3.63, 3.8) is 0 Å². The van der Waals surface area contributed by atoms with Gasteiger partial charge in [-0.25, -0.2) is 4.98 Å². The molecule has 1 unspecified atom stereocenters. The molecule has 0 aliphatic carbocycles. The number of anilines is 1. The van der Waals surface area contributed by atoms with E-state index in [1.165, 1.54) is 6.33 Å². The van der Waals surface area contributed by atoms with Crippen LogP contribution in [0.4, 0.5) is 5.95 Å². The molecule has 1 aliphatic heterocycles. The second kappa shape index (κ2) is 4.39. The second-order valence-electron chi connectivity index (χ2n) is 3.70. The summed E-state index contributed by atoms with van der Waals surface area (Å²) in [5.41, 5.74) is 0. The number of aromatic nitrogens is 3. The zero-order valence-electron chi connectivity index (χ0n) is 8.97. The van der Waals surface area contributed by atoms with Crippen LogP contribution in [0.1, 0.15) is 6.42 Å². The maximum atomic E-state index is 5.61. The van der Waals surface area contributed by atoms with E-state index in [4.69, 9.17) is 4.74 Å². The molecular weight excluding hydrogens is 194 g/mol. The van der Waals surface area contributed by atoms with E-state index in [-0.39, 0.29) is 6.10 Å². The van der Waals surface area contributed by atoms with E-state index in [9.17, 15) is 0 Å². The maximum Gasteiger partial charge on any atom is 0.321 e. The molecule has 6 nitrogen and oxygen atoms in total. The average Bonchev–Trinajstić information content (AvgIpc) is 2.71. The topological polar surface area (TPSA) is 63.2 Å². The number of hydrogen-bond acceptors (Lipinski definition) is 6. The smallest absolute Gasteiger partial charge is 0.321 e. The molecule has 1 fully saturated rings. The van der Waals surface area contributed by atoms with Gasteiger partial charge in [0.1, 0.15) is 12.4 Å². The monoisotopic (exact) mass is 209 g/mol. The molecule has 0 aromatic carbocycles. The van der Waals surface area contributed by atoms with Gasteiger partial charge in [0.25, 0.3) is 0 Å². The highest BCUT2D eigenvalue weighted by Gasteiger charge is 2.17. The van der Waals surface area contributed by atoms with E-state index in [2.05, 4.69) is 20.3 Å². The molecule has 2 rings (SSSR count). The van der Waals surface area contributed by atoms with Gasteiger partial charge in [0, 0.05) is 20.6 Å². The Morgan fingerprint density at radius 3 is 3.00 bits per heavy atom. The molecule has 1 aliphatic rings. The summed E-state index contributed by atoms with van der Waals surface area (Å²) < 4.78 is 5.61. The predicted octanol–water partition coefficient (Wildman–Crippen LogP) is -0.322. The lowest BCUT2D eigenvalue weighted by Gasteiger charge is -2.13.